The zero-order valence-electron chi connectivity index (χ0n) is 10.9. The Balaban J connectivity index is 2.58. The lowest BCUT2D eigenvalue weighted by molar-refractivity contribution is -0.131. The lowest BCUT2D eigenvalue weighted by Gasteiger charge is -2.06. The van der Waals surface area contributed by atoms with E-state index in [9.17, 15) is 9.59 Å². The molecule has 0 saturated carbocycles. The molecule has 0 amide bonds. The van der Waals surface area contributed by atoms with Gasteiger partial charge in [0.2, 0.25) is 0 Å². The van der Waals surface area contributed by atoms with Gasteiger partial charge < -0.3 is 5.11 Å². The van der Waals surface area contributed by atoms with Gasteiger partial charge in [0.15, 0.2) is 0 Å². The summed E-state index contributed by atoms with van der Waals surface area (Å²) in [5.74, 6) is -1.11. The molecule has 2 aromatic rings. The fraction of sp³-hybridized carbons (Fsp3) is 0.143. The number of carbonyl (C=O) groups is 1. The summed E-state index contributed by atoms with van der Waals surface area (Å²) in [6, 6.07) is 6.91. The van der Waals surface area contributed by atoms with Gasteiger partial charge in [-0.3, -0.25) is 9.78 Å². The third-order valence-electron chi connectivity index (χ3n) is 2.63. The second kappa shape index (κ2) is 5.92. The fourth-order valence-corrected chi connectivity index (χ4v) is 1.70. The second-order valence-electron chi connectivity index (χ2n) is 3.99. The van der Waals surface area contributed by atoms with Crippen LogP contribution in [0.5, 0.6) is 0 Å². The van der Waals surface area contributed by atoms with Crippen LogP contribution < -0.4 is 5.56 Å². The van der Waals surface area contributed by atoms with E-state index in [2.05, 4.69) is 10.1 Å². The molecule has 102 valence electrons. The number of hydrogen-bond donors (Lipinski definition) is 1. The van der Waals surface area contributed by atoms with Crippen LogP contribution in [0.15, 0.2) is 41.3 Å². The molecule has 0 spiro atoms. The van der Waals surface area contributed by atoms with Crippen molar-refractivity contribution in [1.82, 2.24) is 14.8 Å². The number of aliphatic carboxylic acids is 1. The van der Waals surface area contributed by atoms with E-state index in [0.29, 0.717) is 17.9 Å². The molecule has 0 aromatic carbocycles. The van der Waals surface area contributed by atoms with E-state index in [4.69, 9.17) is 5.11 Å². The Morgan fingerprint density at radius 1 is 1.40 bits per heavy atom. The quantitative estimate of drug-likeness (QED) is 0.850. The van der Waals surface area contributed by atoms with Crippen molar-refractivity contribution in [2.24, 2.45) is 0 Å². The summed E-state index contributed by atoms with van der Waals surface area (Å²) in [6.07, 6.45) is 3.83. The third-order valence-corrected chi connectivity index (χ3v) is 2.63. The number of carboxylic acids is 1. The summed E-state index contributed by atoms with van der Waals surface area (Å²) < 4.78 is 1.28. The van der Waals surface area contributed by atoms with Crippen molar-refractivity contribution in [2.45, 2.75) is 13.5 Å². The van der Waals surface area contributed by atoms with E-state index in [1.54, 1.807) is 25.3 Å². The highest BCUT2D eigenvalue weighted by molar-refractivity contribution is 5.85. The molecule has 1 N–H and O–H groups in total. The Morgan fingerprint density at radius 2 is 2.20 bits per heavy atom. The fourth-order valence-electron chi connectivity index (χ4n) is 1.70. The van der Waals surface area contributed by atoms with Gasteiger partial charge in [-0.05, 0) is 31.2 Å². The van der Waals surface area contributed by atoms with Gasteiger partial charge in [-0.1, -0.05) is 6.07 Å². The third kappa shape index (κ3) is 2.97. The van der Waals surface area contributed by atoms with Crippen LogP contribution in [0.3, 0.4) is 0 Å². The van der Waals surface area contributed by atoms with Gasteiger partial charge in [0, 0.05) is 24.4 Å². The van der Waals surface area contributed by atoms with Crippen molar-refractivity contribution in [3.63, 3.8) is 0 Å². The molecule has 2 rings (SSSR count). The van der Waals surface area contributed by atoms with E-state index in [0.717, 1.165) is 6.08 Å². The van der Waals surface area contributed by atoms with Crippen LogP contribution in [0.1, 0.15) is 12.5 Å². The standard InChI is InChI=1S/C14H13N3O3/c1-2-17-14(20)10(6-7-13(18)19)9-12(16-17)11-5-3-4-8-15-11/h3-9H,2H2,1H3,(H,18,19)/b7-6+. The summed E-state index contributed by atoms with van der Waals surface area (Å²) in [4.78, 5) is 26.8. The summed E-state index contributed by atoms with van der Waals surface area (Å²) in [6.45, 7) is 2.19. The summed E-state index contributed by atoms with van der Waals surface area (Å²) >= 11 is 0. The monoisotopic (exact) mass is 271 g/mol. The molecule has 0 unspecified atom stereocenters. The van der Waals surface area contributed by atoms with E-state index >= 15 is 0 Å². The van der Waals surface area contributed by atoms with Gasteiger partial charge in [-0.15, -0.1) is 0 Å². The highest BCUT2D eigenvalue weighted by atomic mass is 16.4. The molecule has 6 nitrogen and oxygen atoms in total. The van der Waals surface area contributed by atoms with E-state index in [1.807, 2.05) is 6.07 Å². The number of hydrogen-bond acceptors (Lipinski definition) is 4. The Hall–Kier alpha value is -2.76. The Labute approximate surface area is 115 Å². The number of carboxylic acid groups (broad SMARTS) is 1. The molecule has 0 aliphatic heterocycles. The number of pyridine rings is 1. The van der Waals surface area contributed by atoms with Crippen molar-refractivity contribution >= 4 is 12.0 Å². The molecule has 0 aliphatic rings. The smallest absolute Gasteiger partial charge is 0.328 e. The van der Waals surface area contributed by atoms with Crippen LogP contribution >= 0.6 is 0 Å². The molecule has 2 heterocycles. The van der Waals surface area contributed by atoms with Gasteiger partial charge in [-0.2, -0.15) is 5.10 Å². The minimum Gasteiger partial charge on any atom is -0.478 e. The Morgan fingerprint density at radius 3 is 2.80 bits per heavy atom. The van der Waals surface area contributed by atoms with Gasteiger partial charge in [0.05, 0.1) is 5.69 Å². The Bertz CT molecular complexity index is 705. The SMILES string of the molecule is CCn1nc(-c2ccccn2)cc(/C=C/C(=O)O)c1=O. The van der Waals surface area contributed by atoms with Crippen LogP contribution in [0.4, 0.5) is 0 Å². The first-order chi connectivity index (χ1) is 9.61. The van der Waals surface area contributed by atoms with Crippen LogP contribution in [0.2, 0.25) is 0 Å². The molecule has 0 aliphatic carbocycles. The normalized spacial score (nSPS) is 10.8. The average molecular weight is 271 g/mol. The molecule has 0 radical (unpaired) electrons. The van der Waals surface area contributed by atoms with Gasteiger partial charge in [0.1, 0.15) is 5.69 Å². The second-order valence-corrected chi connectivity index (χ2v) is 3.99. The minimum atomic E-state index is -1.11. The maximum absolute atomic E-state index is 12.0. The maximum Gasteiger partial charge on any atom is 0.328 e. The van der Waals surface area contributed by atoms with Gasteiger partial charge in [-0.25, -0.2) is 9.48 Å². The largest absolute Gasteiger partial charge is 0.478 e. The molecule has 2 aromatic heterocycles. The van der Waals surface area contributed by atoms with Gasteiger partial charge >= 0.3 is 5.97 Å². The highest BCUT2D eigenvalue weighted by Crippen LogP contribution is 2.13. The highest BCUT2D eigenvalue weighted by Gasteiger charge is 2.08. The lowest BCUT2D eigenvalue weighted by Crippen LogP contribution is -2.24. The predicted molar refractivity (Wildman–Crippen MR) is 74.1 cm³/mol. The summed E-state index contributed by atoms with van der Waals surface area (Å²) in [5, 5.41) is 12.9. The van der Waals surface area contributed by atoms with Crippen molar-refractivity contribution in [1.29, 1.82) is 0 Å². The molecular weight excluding hydrogens is 258 g/mol. The minimum absolute atomic E-state index is 0.268. The average Bonchev–Trinajstić information content (AvgIpc) is 2.47. The zero-order chi connectivity index (χ0) is 14.5. The van der Waals surface area contributed by atoms with Crippen LogP contribution in [-0.4, -0.2) is 25.8 Å². The van der Waals surface area contributed by atoms with Crippen molar-refractivity contribution in [3.8, 4) is 11.4 Å². The Kier molecular flexibility index (Phi) is 4.05. The van der Waals surface area contributed by atoms with E-state index < -0.39 is 5.97 Å². The van der Waals surface area contributed by atoms with Crippen molar-refractivity contribution in [2.75, 3.05) is 0 Å². The first-order valence-electron chi connectivity index (χ1n) is 6.06. The zero-order valence-corrected chi connectivity index (χ0v) is 10.9. The summed E-state index contributed by atoms with van der Waals surface area (Å²) in [7, 11) is 0. The number of nitrogens with zero attached hydrogens (tertiary/aromatic N) is 3. The molecule has 0 saturated heterocycles. The summed E-state index contributed by atoms with van der Waals surface area (Å²) in [5.41, 5.74) is 1.09. The van der Waals surface area contributed by atoms with Crippen molar-refractivity contribution in [3.05, 3.63) is 52.5 Å². The molecule has 20 heavy (non-hydrogen) atoms. The van der Waals surface area contributed by atoms with Crippen molar-refractivity contribution < 1.29 is 9.90 Å². The van der Waals surface area contributed by atoms with Crippen LogP contribution in [-0.2, 0) is 11.3 Å². The molecular formula is C14H13N3O3. The molecule has 0 atom stereocenters. The van der Waals surface area contributed by atoms with E-state index in [1.165, 1.54) is 16.8 Å². The topological polar surface area (TPSA) is 85.1 Å². The van der Waals surface area contributed by atoms with E-state index in [-0.39, 0.29) is 11.1 Å². The van der Waals surface area contributed by atoms with Crippen LogP contribution in [0, 0.1) is 0 Å². The molecule has 0 fully saturated rings. The first kappa shape index (κ1) is 13.7. The predicted octanol–water partition coefficient (Wildman–Crippen LogP) is 1.42. The van der Waals surface area contributed by atoms with Gasteiger partial charge in [0.25, 0.3) is 5.56 Å². The first-order valence-corrected chi connectivity index (χ1v) is 6.06. The maximum atomic E-state index is 12.0. The number of rotatable bonds is 4. The lowest BCUT2D eigenvalue weighted by atomic mass is 10.2. The molecule has 0 bridgehead atoms. The van der Waals surface area contributed by atoms with Crippen LogP contribution in [0.25, 0.3) is 17.5 Å². The number of aryl methyl sites for hydroxylation is 1. The number of aromatic nitrogens is 3. The molecule has 6 heteroatoms.